The Morgan fingerprint density at radius 3 is 2.42 bits per heavy atom. The Hall–Kier alpha value is -3.60. The van der Waals surface area contributed by atoms with E-state index in [0.29, 0.717) is 5.69 Å². The van der Waals surface area contributed by atoms with Crippen molar-refractivity contribution in [3.05, 3.63) is 82.4 Å². The summed E-state index contributed by atoms with van der Waals surface area (Å²) in [5.74, 6) is -1.40. The molecule has 1 aliphatic rings. The molecule has 0 amide bonds. The molecule has 1 fully saturated rings. The lowest BCUT2D eigenvalue weighted by molar-refractivity contribution is -0.0509. The first-order valence-electron chi connectivity index (χ1n) is 11.8. The highest BCUT2D eigenvalue weighted by atomic mass is 19.1. The number of H-pyrrole nitrogens is 1. The summed E-state index contributed by atoms with van der Waals surface area (Å²) in [7, 11) is 0. The summed E-state index contributed by atoms with van der Waals surface area (Å²) in [5.41, 5.74) is 0.422. The Balaban J connectivity index is 1.47. The first-order chi connectivity index (χ1) is 17.3. The van der Waals surface area contributed by atoms with E-state index in [9.17, 15) is 18.7 Å². The lowest BCUT2D eigenvalue weighted by Crippen LogP contribution is -2.54. The van der Waals surface area contributed by atoms with Gasteiger partial charge in [0.25, 0.3) is 5.56 Å². The van der Waals surface area contributed by atoms with Crippen molar-refractivity contribution in [1.82, 2.24) is 24.6 Å². The number of aromatic amines is 1. The SMILES string of the molecule is CC(C)(c1ccc(Nc2nc(-c3c(F)cccc3F)n3cc[nH]c(=O)c23)cc1)C(O)N1CCNCC1. The molecule has 0 bridgehead atoms. The van der Waals surface area contributed by atoms with E-state index < -0.39 is 28.8 Å². The number of halogens is 2. The number of hydrogen-bond donors (Lipinski definition) is 4. The Morgan fingerprint density at radius 1 is 1.08 bits per heavy atom. The molecular weight excluding hydrogens is 466 g/mol. The van der Waals surface area contributed by atoms with E-state index in [1.54, 1.807) is 0 Å². The van der Waals surface area contributed by atoms with Crippen molar-refractivity contribution in [3.63, 3.8) is 0 Å². The van der Waals surface area contributed by atoms with Crippen LogP contribution in [0.2, 0.25) is 0 Å². The van der Waals surface area contributed by atoms with Crippen molar-refractivity contribution in [2.75, 3.05) is 31.5 Å². The van der Waals surface area contributed by atoms with Crippen LogP contribution >= 0.6 is 0 Å². The summed E-state index contributed by atoms with van der Waals surface area (Å²) in [6.07, 6.45) is 2.25. The highest BCUT2D eigenvalue weighted by molar-refractivity contribution is 5.78. The van der Waals surface area contributed by atoms with Crippen LogP contribution in [0.4, 0.5) is 20.3 Å². The van der Waals surface area contributed by atoms with Crippen molar-refractivity contribution in [1.29, 1.82) is 0 Å². The zero-order valence-corrected chi connectivity index (χ0v) is 20.1. The quantitative estimate of drug-likeness (QED) is 0.329. The number of aromatic nitrogens is 3. The standard InChI is InChI=1S/C26H28F2N6O2/c1-26(2,25(36)33-13-10-29-11-14-33)16-6-8-17(9-7-16)31-22-21-24(35)30-12-15-34(21)23(32-22)20-18(27)4-3-5-19(20)28/h3-9,12,15,25,29,31,36H,10-11,13-14H2,1-2H3,(H,30,35). The maximum absolute atomic E-state index is 14.5. The van der Waals surface area contributed by atoms with Crippen LogP contribution in [0.3, 0.4) is 0 Å². The van der Waals surface area contributed by atoms with Gasteiger partial charge < -0.3 is 20.7 Å². The Kier molecular flexibility index (Phi) is 6.33. The summed E-state index contributed by atoms with van der Waals surface area (Å²) in [6, 6.07) is 11.0. The normalized spacial score (nSPS) is 15.8. The fourth-order valence-electron chi connectivity index (χ4n) is 4.68. The summed E-state index contributed by atoms with van der Waals surface area (Å²) in [6.45, 7) is 7.23. The van der Waals surface area contributed by atoms with Gasteiger partial charge in [0.05, 0.1) is 5.56 Å². The van der Waals surface area contributed by atoms with Crippen molar-refractivity contribution in [2.24, 2.45) is 0 Å². The molecular formula is C26H28F2N6O2. The maximum Gasteiger partial charge on any atom is 0.276 e. The fourth-order valence-corrected chi connectivity index (χ4v) is 4.68. The van der Waals surface area contributed by atoms with E-state index in [1.165, 1.54) is 22.9 Å². The van der Waals surface area contributed by atoms with E-state index in [4.69, 9.17) is 0 Å². The number of benzene rings is 2. The zero-order chi connectivity index (χ0) is 25.4. The van der Waals surface area contributed by atoms with Crippen LogP contribution in [-0.4, -0.2) is 56.8 Å². The van der Waals surface area contributed by atoms with E-state index >= 15 is 0 Å². The number of rotatable bonds is 6. The molecule has 1 unspecified atom stereocenters. The average molecular weight is 495 g/mol. The maximum atomic E-state index is 14.5. The molecule has 0 saturated carbocycles. The molecule has 0 radical (unpaired) electrons. The second kappa shape index (κ2) is 9.45. The number of imidazole rings is 1. The van der Waals surface area contributed by atoms with Crippen LogP contribution in [0, 0.1) is 11.6 Å². The minimum atomic E-state index is -0.775. The Labute approximate surface area is 206 Å². The largest absolute Gasteiger partial charge is 0.377 e. The lowest BCUT2D eigenvalue weighted by atomic mass is 9.82. The molecule has 188 valence electrons. The van der Waals surface area contributed by atoms with Crippen molar-refractivity contribution in [3.8, 4) is 11.4 Å². The molecule has 36 heavy (non-hydrogen) atoms. The summed E-state index contributed by atoms with van der Waals surface area (Å²) in [4.78, 5) is 21.7. The highest BCUT2D eigenvalue weighted by Crippen LogP contribution is 2.32. The van der Waals surface area contributed by atoms with E-state index in [2.05, 4.69) is 25.5 Å². The summed E-state index contributed by atoms with van der Waals surface area (Å²) in [5, 5.41) is 17.4. The molecule has 2 aromatic heterocycles. The predicted octanol–water partition coefficient (Wildman–Crippen LogP) is 3.21. The van der Waals surface area contributed by atoms with Gasteiger partial charge in [-0.25, -0.2) is 13.8 Å². The molecule has 3 heterocycles. The molecule has 10 heteroatoms. The van der Waals surface area contributed by atoms with Crippen molar-refractivity contribution < 1.29 is 13.9 Å². The Bertz CT molecular complexity index is 1420. The minimum absolute atomic E-state index is 0.0221. The number of nitrogens with one attached hydrogen (secondary N) is 3. The van der Waals surface area contributed by atoms with Gasteiger partial charge in [-0.2, -0.15) is 0 Å². The molecule has 4 aromatic rings. The monoisotopic (exact) mass is 494 g/mol. The van der Waals surface area contributed by atoms with Gasteiger partial charge in [-0.3, -0.25) is 14.1 Å². The second-order valence-corrected chi connectivity index (χ2v) is 9.47. The molecule has 2 aromatic carbocycles. The molecule has 5 rings (SSSR count). The lowest BCUT2D eigenvalue weighted by Gasteiger charge is -2.41. The zero-order valence-electron chi connectivity index (χ0n) is 20.1. The number of nitrogens with zero attached hydrogens (tertiary/aromatic N) is 3. The molecule has 1 atom stereocenters. The van der Waals surface area contributed by atoms with Gasteiger partial charge in [0, 0.05) is 49.7 Å². The van der Waals surface area contributed by atoms with Gasteiger partial charge in [-0.05, 0) is 29.8 Å². The highest BCUT2D eigenvalue weighted by Gasteiger charge is 2.34. The van der Waals surface area contributed by atoms with Crippen LogP contribution in [-0.2, 0) is 5.41 Å². The van der Waals surface area contributed by atoms with Gasteiger partial charge >= 0.3 is 0 Å². The third-order valence-corrected chi connectivity index (χ3v) is 6.79. The number of hydrogen-bond acceptors (Lipinski definition) is 6. The minimum Gasteiger partial charge on any atom is -0.377 e. The van der Waals surface area contributed by atoms with Gasteiger partial charge in [0.15, 0.2) is 17.2 Å². The van der Waals surface area contributed by atoms with Crippen LogP contribution in [0.5, 0.6) is 0 Å². The van der Waals surface area contributed by atoms with Crippen LogP contribution in [0.25, 0.3) is 16.9 Å². The fraction of sp³-hybridized carbons (Fsp3) is 0.308. The summed E-state index contributed by atoms with van der Waals surface area (Å²) < 4.78 is 30.4. The molecule has 1 saturated heterocycles. The number of piperazine rings is 1. The van der Waals surface area contributed by atoms with E-state index in [1.807, 2.05) is 38.1 Å². The molecule has 4 N–H and O–H groups in total. The topological polar surface area (TPSA) is 97.7 Å². The van der Waals surface area contributed by atoms with Crippen molar-refractivity contribution in [2.45, 2.75) is 25.5 Å². The average Bonchev–Trinajstić information content (AvgIpc) is 3.23. The van der Waals surface area contributed by atoms with Crippen molar-refractivity contribution >= 4 is 17.0 Å². The van der Waals surface area contributed by atoms with Crippen LogP contribution in [0.15, 0.2) is 59.7 Å². The van der Waals surface area contributed by atoms with Gasteiger partial charge in [0.2, 0.25) is 0 Å². The van der Waals surface area contributed by atoms with Gasteiger partial charge in [0.1, 0.15) is 17.9 Å². The molecule has 8 nitrogen and oxygen atoms in total. The number of fused-ring (bicyclic) bond motifs is 1. The first-order valence-corrected chi connectivity index (χ1v) is 11.8. The second-order valence-electron chi connectivity index (χ2n) is 9.47. The van der Waals surface area contributed by atoms with Gasteiger partial charge in [-0.15, -0.1) is 0 Å². The van der Waals surface area contributed by atoms with Crippen LogP contribution in [0.1, 0.15) is 19.4 Å². The summed E-state index contributed by atoms with van der Waals surface area (Å²) >= 11 is 0. The third kappa shape index (κ3) is 4.27. The Morgan fingerprint density at radius 2 is 1.75 bits per heavy atom. The van der Waals surface area contributed by atoms with E-state index in [-0.39, 0.29) is 22.7 Å². The van der Waals surface area contributed by atoms with Gasteiger partial charge in [-0.1, -0.05) is 32.0 Å². The number of aliphatic hydroxyl groups is 1. The number of anilines is 2. The first kappa shape index (κ1) is 24.1. The predicted molar refractivity (Wildman–Crippen MR) is 134 cm³/mol. The molecule has 1 aliphatic heterocycles. The third-order valence-electron chi connectivity index (χ3n) is 6.79. The van der Waals surface area contributed by atoms with Crippen LogP contribution < -0.4 is 16.2 Å². The number of aliphatic hydroxyl groups excluding tert-OH is 1. The molecule has 0 aliphatic carbocycles. The molecule has 0 spiro atoms. The van der Waals surface area contributed by atoms with E-state index in [0.717, 1.165) is 43.9 Å². The smallest absolute Gasteiger partial charge is 0.276 e.